The highest BCUT2D eigenvalue weighted by atomic mass is 35.5. The predicted molar refractivity (Wildman–Crippen MR) is 66.3 cm³/mol. The van der Waals surface area contributed by atoms with Crippen molar-refractivity contribution in [1.29, 1.82) is 0 Å². The van der Waals surface area contributed by atoms with E-state index in [1.807, 2.05) is 6.26 Å². The number of aromatic nitrogens is 2. The average Bonchev–Trinajstić information content (AvgIpc) is 3.08. The van der Waals surface area contributed by atoms with Crippen LogP contribution in [0.4, 0.5) is 5.82 Å². The average molecular weight is 260 g/mol. The lowest BCUT2D eigenvalue weighted by atomic mass is 10.4. The molecule has 2 rings (SSSR count). The van der Waals surface area contributed by atoms with Crippen LogP contribution in [0, 0.1) is 0 Å². The fraction of sp³-hybridized carbons (Fsp3) is 0.600. The summed E-state index contributed by atoms with van der Waals surface area (Å²) in [5.41, 5.74) is 0. The molecular formula is C10H14ClN3OS. The van der Waals surface area contributed by atoms with Crippen molar-refractivity contribution in [3.8, 4) is 0 Å². The van der Waals surface area contributed by atoms with Crippen molar-refractivity contribution in [3.63, 3.8) is 0 Å². The van der Waals surface area contributed by atoms with E-state index < -0.39 is 0 Å². The van der Waals surface area contributed by atoms with E-state index >= 15 is 0 Å². The minimum absolute atomic E-state index is 0.132. The molecular weight excluding hydrogens is 246 g/mol. The second kappa shape index (κ2) is 5.21. The molecule has 0 bridgehead atoms. The molecule has 1 saturated carbocycles. The van der Waals surface area contributed by atoms with Gasteiger partial charge in [-0.15, -0.1) is 0 Å². The SMILES string of the molecule is CSc1nc(Cl)cc(N(CCO)C2CC2)n1. The number of aliphatic hydroxyl groups is 1. The van der Waals surface area contributed by atoms with E-state index in [4.69, 9.17) is 16.7 Å². The number of nitrogens with zero attached hydrogens (tertiary/aromatic N) is 3. The summed E-state index contributed by atoms with van der Waals surface area (Å²) >= 11 is 7.41. The number of halogens is 1. The van der Waals surface area contributed by atoms with Crippen LogP contribution in [-0.4, -0.2) is 40.5 Å². The molecule has 1 heterocycles. The summed E-state index contributed by atoms with van der Waals surface area (Å²) in [4.78, 5) is 10.6. The molecule has 6 heteroatoms. The molecule has 88 valence electrons. The van der Waals surface area contributed by atoms with Crippen LogP contribution in [0.1, 0.15) is 12.8 Å². The van der Waals surface area contributed by atoms with Gasteiger partial charge < -0.3 is 10.0 Å². The topological polar surface area (TPSA) is 49.2 Å². The van der Waals surface area contributed by atoms with Gasteiger partial charge in [0.05, 0.1) is 6.61 Å². The highest BCUT2D eigenvalue weighted by molar-refractivity contribution is 7.98. The van der Waals surface area contributed by atoms with Crippen LogP contribution < -0.4 is 4.90 Å². The maximum atomic E-state index is 9.05. The van der Waals surface area contributed by atoms with Crippen molar-refractivity contribution in [1.82, 2.24) is 9.97 Å². The van der Waals surface area contributed by atoms with Gasteiger partial charge in [-0.25, -0.2) is 9.97 Å². The standard InChI is InChI=1S/C10H14ClN3OS/c1-16-10-12-8(11)6-9(13-10)14(4-5-15)7-2-3-7/h6-7,15H,2-5H2,1H3. The van der Waals surface area contributed by atoms with Crippen molar-refractivity contribution in [2.24, 2.45) is 0 Å². The van der Waals surface area contributed by atoms with Crippen molar-refractivity contribution < 1.29 is 5.11 Å². The lowest BCUT2D eigenvalue weighted by Gasteiger charge is -2.22. The highest BCUT2D eigenvalue weighted by Gasteiger charge is 2.30. The first-order chi connectivity index (χ1) is 7.74. The molecule has 0 saturated heterocycles. The molecule has 0 atom stereocenters. The van der Waals surface area contributed by atoms with Crippen molar-refractivity contribution in [2.75, 3.05) is 24.3 Å². The molecule has 0 radical (unpaired) electrons. The first-order valence-electron chi connectivity index (χ1n) is 5.20. The highest BCUT2D eigenvalue weighted by Crippen LogP contribution is 2.31. The Morgan fingerprint density at radius 3 is 2.88 bits per heavy atom. The Balaban J connectivity index is 2.25. The van der Waals surface area contributed by atoms with Crippen LogP contribution in [0.25, 0.3) is 0 Å². The Morgan fingerprint density at radius 2 is 2.31 bits per heavy atom. The fourth-order valence-corrected chi connectivity index (χ4v) is 2.20. The second-order valence-electron chi connectivity index (χ2n) is 3.68. The number of rotatable bonds is 5. The number of aliphatic hydroxyl groups excluding tert-OH is 1. The van der Waals surface area contributed by atoms with Crippen LogP contribution in [0.3, 0.4) is 0 Å². The third kappa shape index (κ3) is 2.78. The van der Waals surface area contributed by atoms with E-state index in [1.165, 1.54) is 11.8 Å². The zero-order valence-corrected chi connectivity index (χ0v) is 10.6. The lowest BCUT2D eigenvalue weighted by molar-refractivity contribution is 0.301. The number of thioether (sulfide) groups is 1. The molecule has 1 N–H and O–H groups in total. The Morgan fingerprint density at radius 1 is 1.56 bits per heavy atom. The summed E-state index contributed by atoms with van der Waals surface area (Å²) < 4.78 is 0. The van der Waals surface area contributed by atoms with Gasteiger partial charge in [-0.05, 0) is 19.1 Å². The molecule has 0 aromatic carbocycles. The predicted octanol–water partition coefficient (Wildman–Crippen LogP) is 1.81. The van der Waals surface area contributed by atoms with Gasteiger partial charge in [0.1, 0.15) is 11.0 Å². The molecule has 1 aliphatic carbocycles. The summed E-state index contributed by atoms with van der Waals surface area (Å²) in [7, 11) is 0. The zero-order chi connectivity index (χ0) is 11.5. The van der Waals surface area contributed by atoms with Crippen molar-refractivity contribution in [2.45, 2.75) is 24.0 Å². The third-order valence-electron chi connectivity index (χ3n) is 2.47. The Labute approximate surface area is 104 Å². The van der Waals surface area contributed by atoms with E-state index in [-0.39, 0.29) is 6.61 Å². The normalized spacial score (nSPS) is 15.2. The zero-order valence-electron chi connectivity index (χ0n) is 9.06. The van der Waals surface area contributed by atoms with E-state index in [0.29, 0.717) is 22.9 Å². The molecule has 1 aromatic rings. The molecule has 0 aliphatic heterocycles. The first kappa shape index (κ1) is 12.0. The summed E-state index contributed by atoms with van der Waals surface area (Å²) in [6, 6.07) is 2.27. The van der Waals surface area contributed by atoms with Crippen molar-refractivity contribution in [3.05, 3.63) is 11.2 Å². The van der Waals surface area contributed by atoms with Crippen LogP contribution in [0.5, 0.6) is 0 Å². The fourth-order valence-electron chi connectivity index (χ4n) is 1.60. The van der Waals surface area contributed by atoms with Gasteiger partial charge in [0.2, 0.25) is 0 Å². The lowest BCUT2D eigenvalue weighted by Crippen LogP contribution is -2.29. The maximum absolute atomic E-state index is 9.05. The van der Waals surface area contributed by atoms with Gasteiger partial charge in [-0.3, -0.25) is 0 Å². The Kier molecular flexibility index (Phi) is 3.89. The van der Waals surface area contributed by atoms with E-state index in [9.17, 15) is 0 Å². The number of anilines is 1. The molecule has 1 aliphatic rings. The van der Waals surface area contributed by atoms with Gasteiger partial charge in [-0.1, -0.05) is 23.4 Å². The summed E-state index contributed by atoms with van der Waals surface area (Å²) in [6.45, 7) is 0.735. The Hall–Kier alpha value is -0.520. The number of hydrogen-bond donors (Lipinski definition) is 1. The largest absolute Gasteiger partial charge is 0.395 e. The first-order valence-corrected chi connectivity index (χ1v) is 6.81. The van der Waals surface area contributed by atoms with Gasteiger partial charge in [-0.2, -0.15) is 0 Å². The van der Waals surface area contributed by atoms with E-state index in [1.54, 1.807) is 6.07 Å². The third-order valence-corrected chi connectivity index (χ3v) is 3.21. The van der Waals surface area contributed by atoms with E-state index in [2.05, 4.69) is 14.9 Å². The molecule has 1 aromatic heterocycles. The molecule has 4 nitrogen and oxygen atoms in total. The minimum Gasteiger partial charge on any atom is -0.395 e. The summed E-state index contributed by atoms with van der Waals surface area (Å²) in [5.74, 6) is 0.820. The molecule has 1 fully saturated rings. The van der Waals surface area contributed by atoms with Gasteiger partial charge in [0.15, 0.2) is 5.16 Å². The second-order valence-corrected chi connectivity index (χ2v) is 4.84. The molecule has 16 heavy (non-hydrogen) atoms. The number of hydrogen-bond acceptors (Lipinski definition) is 5. The van der Waals surface area contributed by atoms with Crippen LogP contribution in [0.15, 0.2) is 11.2 Å². The molecule has 0 spiro atoms. The van der Waals surface area contributed by atoms with Crippen molar-refractivity contribution >= 4 is 29.2 Å². The van der Waals surface area contributed by atoms with Crippen LogP contribution in [-0.2, 0) is 0 Å². The molecule has 0 unspecified atom stereocenters. The monoisotopic (exact) mass is 259 g/mol. The van der Waals surface area contributed by atoms with Gasteiger partial charge >= 0.3 is 0 Å². The quantitative estimate of drug-likeness (QED) is 0.497. The van der Waals surface area contributed by atoms with Gasteiger partial charge in [0.25, 0.3) is 0 Å². The summed E-state index contributed by atoms with van der Waals surface area (Å²) in [5, 5.41) is 10.2. The Bertz CT molecular complexity index is 373. The smallest absolute Gasteiger partial charge is 0.190 e. The van der Waals surface area contributed by atoms with Crippen LogP contribution >= 0.6 is 23.4 Å². The molecule has 0 amide bonds. The van der Waals surface area contributed by atoms with Crippen LogP contribution in [0.2, 0.25) is 5.15 Å². The minimum atomic E-state index is 0.132. The van der Waals surface area contributed by atoms with Gasteiger partial charge in [0, 0.05) is 18.7 Å². The van der Waals surface area contributed by atoms with E-state index in [0.717, 1.165) is 18.7 Å². The summed E-state index contributed by atoms with van der Waals surface area (Å²) in [6.07, 6.45) is 4.25. The maximum Gasteiger partial charge on any atom is 0.190 e.